The largest absolute Gasteiger partial charge is 0.396 e. The second-order valence-electron chi connectivity index (χ2n) is 8.24. The number of rotatable bonds is 8. The lowest BCUT2D eigenvalue weighted by molar-refractivity contribution is 0.136. The van der Waals surface area contributed by atoms with E-state index >= 15 is 0 Å². The Morgan fingerprint density at radius 3 is 2.56 bits per heavy atom. The van der Waals surface area contributed by atoms with Crippen molar-refractivity contribution in [2.75, 3.05) is 77.4 Å². The molecule has 27 heavy (non-hydrogen) atoms. The number of hydrogen-bond donors (Lipinski definition) is 1. The van der Waals surface area contributed by atoms with Crippen molar-refractivity contribution in [2.24, 2.45) is 11.8 Å². The van der Waals surface area contributed by atoms with Crippen LogP contribution in [-0.4, -0.2) is 87.6 Å². The van der Waals surface area contributed by atoms with E-state index in [1.165, 1.54) is 24.1 Å². The number of likely N-dealkylation sites (N-methyl/N-ethyl adjacent to an activating group) is 1. The van der Waals surface area contributed by atoms with Crippen LogP contribution in [0.1, 0.15) is 24.1 Å². The molecule has 0 unspecified atom stereocenters. The summed E-state index contributed by atoms with van der Waals surface area (Å²) >= 11 is 0. The number of hydrogen-bond acceptors (Lipinski definition) is 7. The quantitative estimate of drug-likeness (QED) is 0.726. The maximum absolute atomic E-state index is 9.96. The van der Waals surface area contributed by atoms with E-state index in [2.05, 4.69) is 16.8 Å². The van der Waals surface area contributed by atoms with E-state index in [0.29, 0.717) is 5.92 Å². The third kappa shape index (κ3) is 4.70. The molecule has 2 heterocycles. The molecule has 0 amide bonds. The van der Waals surface area contributed by atoms with E-state index in [-0.39, 0.29) is 12.5 Å². The second-order valence-corrected chi connectivity index (χ2v) is 8.24. The normalized spacial score (nSPS) is 22.4. The Hall–Kier alpha value is -1.44. The Balaban J connectivity index is 1.80. The Morgan fingerprint density at radius 1 is 1.11 bits per heavy atom. The van der Waals surface area contributed by atoms with Crippen LogP contribution in [0.15, 0.2) is 0 Å². The van der Waals surface area contributed by atoms with Gasteiger partial charge in [0.15, 0.2) is 0 Å². The topological polar surface area (TPSA) is 65.0 Å². The number of aliphatic hydroxyl groups is 1. The predicted octanol–water partition coefficient (Wildman–Crippen LogP) is 1.04. The smallest absolute Gasteiger partial charge is 0.227 e. The molecule has 0 bridgehead atoms. The average molecular weight is 378 g/mol. The highest BCUT2D eigenvalue weighted by atomic mass is 16.5. The van der Waals surface area contributed by atoms with Crippen molar-refractivity contribution in [2.45, 2.75) is 25.7 Å². The molecule has 152 valence electrons. The number of nitrogens with zero attached hydrogens (tertiary/aromatic N) is 5. The minimum Gasteiger partial charge on any atom is -0.396 e. The van der Waals surface area contributed by atoms with E-state index < -0.39 is 0 Å². The van der Waals surface area contributed by atoms with Crippen LogP contribution in [0.4, 0.5) is 11.8 Å². The highest BCUT2D eigenvalue weighted by molar-refractivity contribution is 5.55. The second kappa shape index (κ2) is 9.17. The first-order valence-corrected chi connectivity index (χ1v) is 10.1. The summed E-state index contributed by atoms with van der Waals surface area (Å²) in [5, 5.41) is 9.96. The Bertz CT molecular complexity index is 625. The van der Waals surface area contributed by atoms with Crippen molar-refractivity contribution in [3.63, 3.8) is 0 Å². The maximum atomic E-state index is 9.96. The molecule has 1 fully saturated rings. The van der Waals surface area contributed by atoms with Crippen molar-refractivity contribution in [1.82, 2.24) is 14.9 Å². The van der Waals surface area contributed by atoms with Crippen molar-refractivity contribution >= 4 is 11.8 Å². The van der Waals surface area contributed by atoms with E-state index in [4.69, 9.17) is 14.7 Å². The summed E-state index contributed by atoms with van der Waals surface area (Å²) in [6.45, 7) is 4.67. The van der Waals surface area contributed by atoms with Gasteiger partial charge in [0.25, 0.3) is 0 Å². The van der Waals surface area contributed by atoms with Gasteiger partial charge < -0.3 is 24.5 Å². The number of ether oxygens (including phenoxy) is 1. The maximum Gasteiger partial charge on any atom is 0.227 e. The van der Waals surface area contributed by atoms with Crippen LogP contribution < -0.4 is 9.80 Å². The monoisotopic (exact) mass is 377 g/mol. The standard InChI is InChI=1S/C20H35N5O2/c1-23(2)20-21-18-8-6-5-7-17(18)19(22-20)25-12-15(16(13-25)14-26)11-24(3)9-10-27-4/h15-16,26H,5-14H2,1-4H3/t15-,16-/m1/s1. The Labute approximate surface area is 163 Å². The van der Waals surface area contributed by atoms with E-state index in [9.17, 15) is 5.11 Å². The van der Waals surface area contributed by atoms with Crippen LogP contribution in [0.25, 0.3) is 0 Å². The van der Waals surface area contributed by atoms with Gasteiger partial charge in [0.1, 0.15) is 5.82 Å². The van der Waals surface area contributed by atoms with Crippen LogP contribution in [0.2, 0.25) is 0 Å². The summed E-state index contributed by atoms with van der Waals surface area (Å²) in [6, 6.07) is 0. The molecule has 7 nitrogen and oxygen atoms in total. The first kappa shape index (κ1) is 20.3. The van der Waals surface area contributed by atoms with E-state index in [0.717, 1.165) is 57.4 Å². The zero-order chi connectivity index (χ0) is 19.4. The molecule has 1 aromatic heterocycles. The minimum atomic E-state index is 0.229. The molecule has 1 aromatic rings. The summed E-state index contributed by atoms with van der Waals surface area (Å²) in [5.74, 6) is 2.62. The number of aromatic nitrogens is 2. The molecule has 0 saturated carbocycles. The fourth-order valence-corrected chi connectivity index (χ4v) is 4.29. The van der Waals surface area contributed by atoms with Crippen molar-refractivity contribution in [3.8, 4) is 0 Å². The number of aliphatic hydroxyl groups excluding tert-OH is 1. The summed E-state index contributed by atoms with van der Waals surface area (Å²) < 4.78 is 5.20. The number of fused-ring (bicyclic) bond motifs is 1. The molecule has 3 rings (SSSR count). The van der Waals surface area contributed by atoms with Crippen LogP contribution >= 0.6 is 0 Å². The van der Waals surface area contributed by atoms with Crippen LogP contribution in [-0.2, 0) is 17.6 Å². The molecule has 1 aliphatic carbocycles. The summed E-state index contributed by atoms with van der Waals surface area (Å²) in [6.07, 6.45) is 4.54. The third-order valence-corrected chi connectivity index (χ3v) is 5.88. The lowest BCUT2D eigenvalue weighted by Crippen LogP contribution is -2.33. The van der Waals surface area contributed by atoms with Gasteiger partial charge in [-0.15, -0.1) is 0 Å². The van der Waals surface area contributed by atoms with Gasteiger partial charge in [-0.25, -0.2) is 4.98 Å². The highest BCUT2D eigenvalue weighted by Crippen LogP contribution is 2.34. The fourth-order valence-electron chi connectivity index (χ4n) is 4.29. The third-order valence-electron chi connectivity index (χ3n) is 5.88. The van der Waals surface area contributed by atoms with Gasteiger partial charge in [0.05, 0.1) is 12.3 Å². The van der Waals surface area contributed by atoms with E-state index in [1.54, 1.807) is 7.11 Å². The summed E-state index contributed by atoms with van der Waals surface area (Å²) in [4.78, 5) is 16.4. The molecule has 0 radical (unpaired) electrons. The number of aryl methyl sites for hydroxylation is 1. The molecule has 0 spiro atoms. The van der Waals surface area contributed by atoms with Crippen molar-refractivity contribution in [1.29, 1.82) is 0 Å². The average Bonchev–Trinajstić information content (AvgIpc) is 3.07. The van der Waals surface area contributed by atoms with Crippen LogP contribution in [0.5, 0.6) is 0 Å². The van der Waals surface area contributed by atoms with Crippen molar-refractivity contribution in [3.05, 3.63) is 11.3 Å². The van der Waals surface area contributed by atoms with Crippen molar-refractivity contribution < 1.29 is 9.84 Å². The molecular weight excluding hydrogens is 342 g/mol. The SMILES string of the molecule is COCCN(C)C[C@@H]1CN(c2nc(N(C)C)nc3c2CCCC3)C[C@@H]1CO. The van der Waals surface area contributed by atoms with E-state index in [1.807, 2.05) is 19.0 Å². The van der Waals surface area contributed by atoms with Gasteiger partial charge in [-0.2, -0.15) is 4.98 Å². The molecule has 0 aromatic carbocycles. The van der Waals surface area contributed by atoms with Gasteiger partial charge in [-0.1, -0.05) is 0 Å². The van der Waals surface area contributed by atoms with Gasteiger partial charge in [-0.05, 0) is 38.6 Å². The predicted molar refractivity (Wildman–Crippen MR) is 109 cm³/mol. The first-order valence-electron chi connectivity index (χ1n) is 10.1. The number of anilines is 2. The number of methoxy groups -OCH3 is 1. The lowest BCUT2D eigenvalue weighted by atomic mass is 9.96. The molecule has 1 saturated heterocycles. The van der Waals surface area contributed by atoms with Crippen LogP contribution in [0, 0.1) is 11.8 Å². The minimum absolute atomic E-state index is 0.229. The van der Waals surface area contributed by atoms with Gasteiger partial charge >= 0.3 is 0 Å². The van der Waals surface area contributed by atoms with Gasteiger partial charge in [0, 0.05) is 65.5 Å². The Morgan fingerprint density at radius 2 is 1.85 bits per heavy atom. The van der Waals surface area contributed by atoms with Gasteiger partial charge in [0.2, 0.25) is 5.95 Å². The lowest BCUT2D eigenvalue weighted by Gasteiger charge is -2.27. The summed E-state index contributed by atoms with van der Waals surface area (Å²) in [7, 11) is 7.87. The molecular formula is C20H35N5O2. The highest BCUT2D eigenvalue weighted by Gasteiger charge is 2.35. The zero-order valence-corrected chi connectivity index (χ0v) is 17.3. The van der Waals surface area contributed by atoms with Crippen LogP contribution in [0.3, 0.4) is 0 Å². The molecule has 2 atom stereocenters. The zero-order valence-electron chi connectivity index (χ0n) is 17.3. The van der Waals surface area contributed by atoms with Gasteiger partial charge in [-0.3, -0.25) is 0 Å². The molecule has 1 aliphatic heterocycles. The first-order chi connectivity index (χ1) is 13.0. The molecule has 2 aliphatic rings. The fraction of sp³-hybridized carbons (Fsp3) is 0.800. The molecule has 1 N–H and O–H groups in total. The summed E-state index contributed by atoms with van der Waals surface area (Å²) in [5.41, 5.74) is 2.55. The Kier molecular flexibility index (Phi) is 6.89. The molecule has 7 heteroatoms.